The first-order chi connectivity index (χ1) is 14.1. The van der Waals surface area contributed by atoms with E-state index >= 15 is 0 Å². The molecule has 0 amide bonds. The lowest BCUT2D eigenvalue weighted by Crippen LogP contribution is -2.58. The van der Waals surface area contributed by atoms with Gasteiger partial charge in [0, 0.05) is 28.0 Å². The predicted octanol–water partition coefficient (Wildman–Crippen LogP) is 0.237. The van der Waals surface area contributed by atoms with Crippen molar-refractivity contribution in [2.24, 2.45) is 5.92 Å². The highest BCUT2D eigenvalue weighted by molar-refractivity contribution is 6.31. The monoisotopic (exact) mass is 438 g/mol. The number of aryl methyl sites for hydroxylation is 1. The highest BCUT2D eigenvalue weighted by atomic mass is 35.5. The molecule has 1 aliphatic carbocycles. The van der Waals surface area contributed by atoms with Gasteiger partial charge in [0.25, 0.3) is 0 Å². The highest BCUT2D eigenvalue weighted by Gasteiger charge is 2.49. The molecular weight excluding hydrogens is 412 g/mol. The smallest absolute Gasteiger partial charge is 0.218 e. The summed E-state index contributed by atoms with van der Waals surface area (Å²) in [4.78, 5) is 0. The molecule has 30 heavy (non-hydrogen) atoms. The lowest BCUT2D eigenvalue weighted by Gasteiger charge is -2.44. The summed E-state index contributed by atoms with van der Waals surface area (Å²) in [7, 11) is 0. The third-order valence-electron chi connectivity index (χ3n) is 6.04. The zero-order chi connectivity index (χ0) is 22.2. The van der Waals surface area contributed by atoms with Gasteiger partial charge in [-0.2, -0.15) is 0 Å². The van der Waals surface area contributed by atoms with Crippen molar-refractivity contribution in [3.8, 4) is 0 Å². The molecule has 7 N–H and O–H groups in total. The molecule has 3 rings (SSSR count). The van der Waals surface area contributed by atoms with Gasteiger partial charge in [-0.05, 0) is 29.7 Å². The highest BCUT2D eigenvalue weighted by Crippen LogP contribution is 2.40. The van der Waals surface area contributed by atoms with Gasteiger partial charge in [-0.3, -0.25) is 0 Å². The Labute approximate surface area is 179 Å². The zero-order valence-corrected chi connectivity index (χ0v) is 17.2. The van der Waals surface area contributed by atoms with E-state index < -0.39 is 48.6 Å². The van der Waals surface area contributed by atoms with E-state index in [0.29, 0.717) is 0 Å². The van der Waals surface area contributed by atoms with Gasteiger partial charge in [-0.1, -0.05) is 48.9 Å². The van der Waals surface area contributed by atoms with Crippen molar-refractivity contribution in [2.75, 3.05) is 6.61 Å². The van der Waals surface area contributed by atoms with E-state index in [9.17, 15) is 35.7 Å². The van der Waals surface area contributed by atoms with Crippen molar-refractivity contribution in [2.45, 2.75) is 49.5 Å². The van der Waals surface area contributed by atoms with Gasteiger partial charge in [0.1, 0.15) is 6.10 Å². The lowest BCUT2D eigenvalue weighted by molar-refractivity contribution is -0.169. The molecule has 0 saturated heterocycles. The van der Waals surface area contributed by atoms with E-state index in [1.54, 1.807) is 24.3 Å². The van der Waals surface area contributed by atoms with E-state index in [2.05, 4.69) is 0 Å². The molecule has 6 atom stereocenters. The van der Waals surface area contributed by atoms with Crippen LogP contribution < -0.4 is 0 Å². The van der Waals surface area contributed by atoms with Crippen LogP contribution in [0.2, 0.25) is 5.02 Å². The molecule has 2 aromatic rings. The molecule has 6 unspecified atom stereocenters. The standard InChI is InChI=1S/C22H27ClO7/c1-2-11-3-6-13(7-4-11)22(29,30)15-9-12(5-8-16(15)23)17-18(25)14(10-24)19(26)21(28)20(17)27/h3-9,14,17-21,24-30H,2,10H2,1H3. The SMILES string of the molecule is CCc1ccc(C(O)(O)c2cc(C3C(O)C(O)C(O)C(CO)C3O)ccc2Cl)cc1. The first-order valence-electron chi connectivity index (χ1n) is 9.80. The molecule has 8 heteroatoms. The second-order valence-electron chi connectivity index (χ2n) is 7.80. The summed E-state index contributed by atoms with van der Waals surface area (Å²) in [6.07, 6.45) is -5.23. The fourth-order valence-corrected chi connectivity index (χ4v) is 4.34. The number of hydrogen-bond acceptors (Lipinski definition) is 7. The van der Waals surface area contributed by atoms with Crippen molar-refractivity contribution in [3.05, 3.63) is 69.7 Å². The maximum absolute atomic E-state index is 10.9. The minimum Gasteiger partial charge on any atom is -0.396 e. The third kappa shape index (κ3) is 4.00. The summed E-state index contributed by atoms with van der Waals surface area (Å²) >= 11 is 6.23. The largest absolute Gasteiger partial charge is 0.396 e. The maximum atomic E-state index is 10.9. The predicted molar refractivity (Wildman–Crippen MR) is 110 cm³/mol. The van der Waals surface area contributed by atoms with E-state index in [-0.39, 0.29) is 21.7 Å². The van der Waals surface area contributed by atoms with Crippen LogP contribution in [0.25, 0.3) is 0 Å². The molecule has 0 radical (unpaired) electrons. The van der Waals surface area contributed by atoms with Gasteiger partial charge in [-0.25, -0.2) is 0 Å². The Balaban J connectivity index is 2.03. The number of benzene rings is 2. The van der Waals surface area contributed by atoms with Crippen LogP contribution in [0.1, 0.15) is 35.1 Å². The number of rotatable bonds is 5. The number of halogens is 1. The topological polar surface area (TPSA) is 142 Å². The molecule has 2 aromatic carbocycles. The molecular formula is C22H27ClO7. The molecule has 1 fully saturated rings. The van der Waals surface area contributed by atoms with Crippen LogP contribution in [0.3, 0.4) is 0 Å². The van der Waals surface area contributed by atoms with Gasteiger partial charge in [0.05, 0.1) is 24.9 Å². The van der Waals surface area contributed by atoms with Crippen LogP contribution in [0.4, 0.5) is 0 Å². The Hall–Kier alpha value is -1.55. The number of aliphatic hydroxyl groups excluding tert-OH is 5. The number of aliphatic hydroxyl groups is 7. The lowest BCUT2D eigenvalue weighted by atomic mass is 9.70. The third-order valence-corrected chi connectivity index (χ3v) is 6.37. The van der Waals surface area contributed by atoms with Crippen LogP contribution in [0.15, 0.2) is 42.5 Å². The first kappa shape index (κ1) is 23.1. The summed E-state index contributed by atoms with van der Waals surface area (Å²) in [6.45, 7) is 1.38. The second-order valence-corrected chi connectivity index (χ2v) is 8.20. The van der Waals surface area contributed by atoms with Crippen LogP contribution in [0.5, 0.6) is 0 Å². The molecule has 0 aliphatic heterocycles. The Bertz CT molecular complexity index is 870. The Morgan fingerprint density at radius 3 is 2.07 bits per heavy atom. The van der Waals surface area contributed by atoms with Crippen LogP contribution >= 0.6 is 11.6 Å². The summed E-state index contributed by atoms with van der Waals surface area (Å²) < 4.78 is 0. The quantitative estimate of drug-likeness (QED) is 0.331. The molecule has 7 nitrogen and oxygen atoms in total. The van der Waals surface area contributed by atoms with E-state index in [1.807, 2.05) is 6.92 Å². The number of hydrogen-bond donors (Lipinski definition) is 7. The van der Waals surface area contributed by atoms with Gasteiger partial charge in [0.2, 0.25) is 5.79 Å². The summed E-state index contributed by atoms with van der Waals surface area (Å²) in [5.41, 5.74) is 1.42. The van der Waals surface area contributed by atoms with Gasteiger partial charge in [0.15, 0.2) is 0 Å². The summed E-state index contributed by atoms with van der Waals surface area (Å²) in [5.74, 6) is -4.62. The Morgan fingerprint density at radius 2 is 1.50 bits per heavy atom. The van der Waals surface area contributed by atoms with E-state index in [1.165, 1.54) is 18.2 Å². The van der Waals surface area contributed by atoms with Gasteiger partial charge in [-0.15, -0.1) is 0 Å². The molecule has 164 valence electrons. The van der Waals surface area contributed by atoms with Gasteiger partial charge < -0.3 is 35.7 Å². The average Bonchev–Trinajstić information content (AvgIpc) is 2.73. The fourth-order valence-electron chi connectivity index (χ4n) is 4.09. The molecule has 1 saturated carbocycles. The van der Waals surface area contributed by atoms with Crippen molar-refractivity contribution in [1.29, 1.82) is 0 Å². The second kappa shape index (κ2) is 8.90. The normalized spacial score (nSPS) is 29.8. The minimum absolute atomic E-state index is 0.0578. The van der Waals surface area contributed by atoms with E-state index in [4.69, 9.17) is 11.6 Å². The van der Waals surface area contributed by atoms with Crippen molar-refractivity contribution in [1.82, 2.24) is 0 Å². The molecule has 0 spiro atoms. The zero-order valence-electron chi connectivity index (χ0n) is 16.4. The maximum Gasteiger partial charge on any atom is 0.218 e. The van der Waals surface area contributed by atoms with Gasteiger partial charge >= 0.3 is 0 Å². The Kier molecular flexibility index (Phi) is 6.86. The first-order valence-corrected chi connectivity index (χ1v) is 10.2. The molecule has 1 aliphatic rings. The molecule has 0 aromatic heterocycles. The van der Waals surface area contributed by atoms with Crippen molar-refractivity contribution >= 4 is 11.6 Å². The van der Waals surface area contributed by atoms with Crippen molar-refractivity contribution in [3.63, 3.8) is 0 Å². The summed E-state index contributed by atoms with van der Waals surface area (Å²) in [6, 6.07) is 10.9. The Morgan fingerprint density at radius 1 is 0.867 bits per heavy atom. The fraction of sp³-hybridized carbons (Fsp3) is 0.455. The van der Waals surface area contributed by atoms with Crippen LogP contribution in [-0.2, 0) is 12.2 Å². The summed E-state index contributed by atoms with van der Waals surface area (Å²) in [5, 5.41) is 72.6. The van der Waals surface area contributed by atoms with Crippen LogP contribution in [-0.4, -0.2) is 66.8 Å². The molecule has 0 heterocycles. The van der Waals surface area contributed by atoms with Crippen molar-refractivity contribution < 1.29 is 35.7 Å². The average molecular weight is 439 g/mol. The minimum atomic E-state index is -2.45. The molecule has 0 bridgehead atoms. The van der Waals surface area contributed by atoms with E-state index in [0.717, 1.165) is 12.0 Å². The van der Waals surface area contributed by atoms with Crippen LogP contribution in [0, 0.1) is 5.92 Å².